The Morgan fingerprint density at radius 3 is 1.92 bits per heavy atom. The average molecular weight is 895 g/mol. The zero-order valence-electron chi connectivity index (χ0n) is 37.3. The molecule has 0 spiro atoms. The van der Waals surface area contributed by atoms with Crippen LogP contribution in [-0.4, -0.2) is 123 Å². The van der Waals surface area contributed by atoms with Crippen LogP contribution in [0.1, 0.15) is 90.8 Å². The predicted octanol–water partition coefficient (Wildman–Crippen LogP) is 1.61. The molecule has 0 aromatic heterocycles. The molecular formula is C44H62N8O12. The number of carbonyl (C=O) groups is 9. The summed E-state index contributed by atoms with van der Waals surface area (Å²) in [5.74, 6) is -8.74. The van der Waals surface area contributed by atoms with Gasteiger partial charge in [0.25, 0.3) is 5.91 Å². The first-order chi connectivity index (χ1) is 30.2. The number of urea groups is 1. The van der Waals surface area contributed by atoms with E-state index in [4.69, 9.17) is 4.74 Å². The highest BCUT2D eigenvalue weighted by Gasteiger charge is 2.44. The number of likely N-dealkylation sites (tertiary alicyclic amines) is 1. The van der Waals surface area contributed by atoms with Crippen molar-refractivity contribution in [1.29, 1.82) is 0 Å². The van der Waals surface area contributed by atoms with Gasteiger partial charge in [0.2, 0.25) is 29.5 Å². The Hall–Kier alpha value is -6.57. The van der Waals surface area contributed by atoms with Crippen molar-refractivity contribution in [2.75, 3.05) is 13.6 Å². The van der Waals surface area contributed by atoms with Gasteiger partial charge in [0, 0.05) is 33.4 Å². The summed E-state index contributed by atoms with van der Waals surface area (Å²) in [6.07, 6.45) is -2.10. The third kappa shape index (κ3) is 16.0. The summed E-state index contributed by atoms with van der Waals surface area (Å²) in [6, 6.07) is 10.6. The van der Waals surface area contributed by atoms with Crippen LogP contribution in [0.5, 0.6) is 0 Å². The van der Waals surface area contributed by atoms with Gasteiger partial charge in [-0.15, -0.1) is 0 Å². The summed E-state index contributed by atoms with van der Waals surface area (Å²) in [5.41, 5.74) is 4.28. The maximum absolute atomic E-state index is 14.6. The fourth-order valence-electron chi connectivity index (χ4n) is 6.93. The largest absolute Gasteiger partial charge is 0.481 e. The normalized spacial score (nSPS) is 17.3. The molecule has 1 aliphatic heterocycles. The van der Waals surface area contributed by atoms with Crippen molar-refractivity contribution in [1.82, 2.24) is 41.9 Å². The van der Waals surface area contributed by atoms with Crippen LogP contribution in [0.3, 0.4) is 0 Å². The van der Waals surface area contributed by atoms with Crippen molar-refractivity contribution >= 4 is 53.4 Å². The molecule has 0 unspecified atom stereocenters. The Kier molecular flexibility index (Phi) is 20.2. The van der Waals surface area contributed by atoms with Crippen LogP contribution in [-0.2, 0) is 49.7 Å². The minimum atomic E-state index is -1.60. The first-order valence-electron chi connectivity index (χ1n) is 21.2. The average Bonchev–Trinajstić information content (AvgIpc) is 3.69. The highest BCUT2D eigenvalue weighted by Crippen LogP contribution is 2.25. The van der Waals surface area contributed by atoms with E-state index in [0.29, 0.717) is 6.42 Å². The van der Waals surface area contributed by atoms with Crippen LogP contribution in [0.25, 0.3) is 0 Å². The Morgan fingerprint density at radius 2 is 1.36 bits per heavy atom. The van der Waals surface area contributed by atoms with Crippen LogP contribution in [0.4, 0.5) is 4.79 Å². The van der Waals surface area contributed by atoms with Crippen LogP contribution in [0.2, 0.25) is 0 Å². The summed E-state index contributed by atoms with van der Waals surface area (Å²) < 4.78 is 6.17. The molecule has 2 aromatic rings. The lowest BCUT2D eigenvalue weighted by Crippen LogP contribution is -2.61. The zero-order chi connectivity index (χ0) is 47.7. The van der Waals surface area contributed by atoms with Crippen molar-refractivity contribution in [2.24, 2.45) is 11.8 Å². The van der Waals surface area contributed by atoms with E-state index in [1.54, 1.807) is 34.6 Å². The number of benzene rings is 2. The van der Waals surface area contributed by atoms with Crippen LogP contribution >= 0.6 is 0 Å². The number of carbonyl (C=O) groups excluding carboxylic acids is 7. The lowest BCUT2D eigenvalue weighted by atomic mass is 9.95. The number of nitrogens with one attached hydrogen (secondary N) is 6. The molecule has 1 aliphatic rings. The van der Waals surface area contributed by atoms with E-state index in [1.807, 2.05) is 60.7 Å². The topological polar surface area (TPSA) is 282 Å². The van der Waals surface area contributed by atoms with Gasteiger partial charge in [0.1, 0.15) is 30.2 Å². The number of hydrazine groups is 1. The van der Waals surface area contributed by atoms with E-state index in [1.165, 1.54) is 11.9 Å². The first kappa shape index (κ1) is 51.8. The number of aliphatic carboxylic acids is 2. The fraction of sp³-hybridized carbons (Fsp3) is 0.523. The highest BCUT2D eigenvalue weighted by molar-refractivity contribution is 5.97. The maximum Gasteiger partial charge on any atom is 0.336 e. The molecular weight excluding hydrogens is 833 g/mol. The smallest absolute Gasteiger partial charge is 0.336 e. The van der Waals surface area contributed by atoms with Crippen molar-refractivity contribution in [2.45, 2.75) is 123 Å². The van der Waals surface area contributed by atoms with Gasteiger partial charge < -0.3 is 46.4 Å². The standard InChI is InChI=1S/C44H62N8O12/c1-8-26(4)38(49-39(58)32(19-20-35(54)55)47-40(59)33(22-36(56)57)46-28(6)53)42(61)48-37(25(2)3)43(62)52-23-31(64-24-29-15-11-9-12-16-29)21-34(52)41(60)50-51(7)44(63)45-27(5)30-17-13-10-14-18-30/h9-18,25-27,31-34,37-38H,8,19-24H2,1-7H3,(H,45,63)(H,46,53)(H,47,59)(H,48,61)(H,49,58)(H,50,60)(H,54,55)(H,56,57)/t26-,27-,31+,32+,33-,34-,37-,38-/m0/s1. The second-order valence-corrected chi connectivity index (χ2v) is 16.2. The quantitative estimate of drug-likeness (QED) is 0.0783. The van der Waals surface area contributed by atoms with E-state index in [0.717, 1.165) is 23.1 Å². The Balaban J connectivity index is 1.86. The van der Waals surface area contributed by atoms with Gasteiger partial charge in [0.15, 0.2) is 0 Å². The molecule has 8 N–H and O–H groups in total. The number of hydrogen-bond acceptors (Lipinski definition) is 10. The molecule has 0 radical (unpaired) electrons. The number of carboxylic acids is 2. The molecule has 0 bridgehead atoms. The third-order valence-electron chi connectivity index (χ3n) is 10.8. The predicted molar refractivity (Wildman–Crippen MR) is 231 cm³/mol. The van der Waals surface area contributed by atoms with Gasteiger partial charge >= 0.3 is 18.0 Å². The monoisotopic (exact) mass is 894 g/mol. The Morgan fingerprint density at radius 1 is 0.766 bits per heavy atom. The summed E-state index contributed by atoms with van der Waals surface area (Å²) in [5, 5.41) is 32.3. The van der Waals surface area contributed by atoms with Crippen LogP contribution in [0, 0.1) is 11.8 Å². The summed E-state index contributed by atoms with van der Waals surface area (Å²) in [4.78, 5) is 119. The maximum atomic E-state index is 14.6. The molecule has 350 valence electrons. The molecule has 0 saturated carbocycles. The van der Waals surface area contributed by atoms with Gasteiger partial charge in [-0.2, -0.15) is 0 Å². The van der Waals surface area contributed by atoms with Gasteiger partial charge in [0.05, 0.1) is 25.2 Å². The molecule has 3 rings (SSSR count). The van der Waals surface area contributed by atoms with E-state index in [-0.39, 0.29) is 19.6 Å². The summed E-state index contributed by atoms with van der Waals surface area (Å²) in [6.45, 7) is 9.76. The number of ether oxygens (including phenoxy) is 1. The van der Waals surface area contributed by atoms with Gasteiger partial charge in [-0.1, -0.05) is 94.8 Å². The minimum absolute atomic E-state index is 0.0400. The van der Waals surface area contributed by atoms with Crippen molar-refractivity contribution < 1.29 is 58.1 Å². The van der Waals surface area contributed by atoms with Crippen molar-refractivity contribution in [3.05, 3.63) is 71.8 Å². The molecule has 0 aliphatic carbocycles. The number of amides is 8. The Bertz CT molecular complexity index is 1940. The second-order valence-electron chi connectivity index (χ2n) is 16.2. The Labute approximate surface area is 372 Å². The number of hydrogen-bond donors (Lipinski definition) is 8. The summed E-state index contributed by atoms with van der Waals surface area (Å²) in [7, 11) is 1.37. The van der Waals surface area contributed by atoms with Crippen LogP contribution in [0.15, 0.2) is 60.7 Å². The van der Waals surface area contributed by atoms with E-state index >= 15 is 0 Å². The first-order valence-corrected chi connectivity index (χ1v) is 21.2. The highest BCUT2D eigenvalue weighted by atomic mass is 16.5. The molecule has 64 heavy (non-hydrogen) atoms. The number of carboxylic acid groups (broad SMARTS) is 2. The minimum Gasteiger partial charge on any atom is -0.481 e. The molecule has 1 fully saturated rings. The van der Waals surface area contributed by atoms with Crippen molar-refractivity contribution in [3.63, 3.8) is 0 Å². The molecule has 20 heteroatoms. The van der Waals surface area contributed by atoms with E-state index in [2.05, 4.69) is 32.0 Å². The van der Waals surface area contributed by atoms with E-state index in [9.17, 15) is 53.4 Å². The molecule has 20 nitrogen and oxygen atoms in total. The fourth-order valence-corrected chi connectivity index (χ4v) is 6.93. The molecule has 1 heterocycles. The SMILES string of the molecule is CC[C@H](C)[C@H](NC(=O)[C@@H](CCC(=O)O)NC(=O)[C@H](CC(=O)O)NC(C)=O)C(=O)N[C@H](C(=O)N1C[C@H](OCc2ccccc2)C[C@H]1C(=O)NN(C)C(=O)N[C@@H](C)c1ccccc1)C(C)C. The molecule has 8 amide bonds. The van der Waals surface area contributed by atoms with E-state index < -0.39 is 127 Å². The summed E-state index contributed by atoms with van der Waals surface area (Å²) >= 11 is 0. The number of nitrogens with zero attached hydrogens (tertiary/aromatic N) is 2. The lowest BCUT2D eigenvalue weighted by molar-refractivity contribution is -0.144. The zero-order valence-corrected chi connectivity index (χ0v) is 37.3. The van der Waals surface area contributed by atoms with Crippen LogP contribution < -0.4 is 32.0 Å². The van der Waals surface area contributed by atoms with Gasteiger partial charge in [-0.05, 0) is 36.3 Å². The van der Waals surface area contributed by atoms with Crippen molar-refractivity contribution in [3.8, 4) is 0 Å². The van der Waals surface area contributed by atoms with Gasteiger partial charge in [-0.25, -0.2) is 9.80 Å². The molecule has 1 saturated heterocycles. The lowest BCUT2D eigenvalue weighted by Gasteiger charge is -2.33. The second kappa shape index (κ2) is 24.9. The molecule has 2 aromatic carbocycles. The van der Waals surface area contributed by atoms with Gasteiger partial charge in [-0.3, -0.25) is 43.8 Å². The third-order valence-corrected chi connectivity index (χ3v) is 10.8. The molecule has 8 atom stereocenters. The number of rotatable bonds is 22.